The summed E-state index contributed by atoms with van der Waals surface area (Å²) in [5.41, 5.74) is 10.0. The van der Waals surface area contributed by atoms with Gasteiger partial charge in [0.15, 0.2) is 0 Å². The molecule has 0 saturated carbocycles. The van der Waals surface area contributed by atoms with Gasteiger partial charge in [-0.05, 0) is 11.4 Å². The molecule has 0 radical (unpaired) electrons. The summed E-state index contributed by atoms with van der Waals surface area (Å²) in [4.78, 5) is 0. The van der Waals surface area contributed by atoms with Crippen molar-refractivity contribution in [1.82, 2.24) is 0 Å². The molecule has 0 aromatic heterocycles. The maximum atomic E-state index is 6.36. The van der Waals surface area contributed by atoms with E-state index >= 15 is 0 Å². The van der Waals surface area contributed by atoms with Gasteiger partial charge in [-0.3, -0.25) is 0 Å². The molecule has 0 fully saturated rings. The molecule has 0 aliphatic heterocycles. The van der Waals surface area contributed by atoms with Crippen LogP contribution < -0.4 is 0 Å². The molecule has 0 spiro atoms. The Bertz CT molecular complexity index is 1150. The van der Waals surface area contributed by atoms with Gasteiger partial charge in [0.05, 0.1) is 0 Å². The van der Waals surface area contributed by atoms with Crippen molar-refractivity contribution in [1.29, 1.82) is 0 Å². The van der Waals surface area contributed by atoms with Gasteiger partial charge in [0.2, 0.25) is 0 Å². The Labute approximate surface area is 221 Å². The number of halogens is 1. The predicted molar refractivity (Wildman–Crippen MR) is 147 cm³/mol. The quantitative estimate of drug-likeness (QED) is 0.175. The first-order chi connectivity index (χ1) is 15.7. The summed E-state index contributed by atoms with van der Waals surface area (Å²) < 4.78 is 0. The number of hydrogen-bond donors (Lipinski definition) is 0. The van der Waals surface area contributed by atoms with Crippen LogP contribution in [0.1, 0.15) is 47.6 Å². The van der Waals surface area contributed by atoms with E-state index in [4.69, 9.17) is 11.6 Å². The van der Waals surface area contributed by atoms with Gasteiger partial charge in [0.25, 0.3) is 0 Å². The predicted octanol–water partition coefficient (Wildman–Crippen LogP) is 9.65. The van der Waals surface area contributed by atoms with Crippen LogP contribution in [0.15, 0.2) is 60.7 Å². The minimum atomic E-state index is 0.210. The van der Waals surface area contributed by atoms with Gasteiger partial charge in [0, 0.05) is 0 Å². The molecule has 3 heteroatoms. The molecular formula is C30H37ClSiZr. The van der Waals surface area contributed by atoms with Crippen molar-refractivity contribution in [2.24, 2.45) is 0 Å². The fraction of sp³-hybridized carbons (Fsp3) is 0.333. The number of fused-ring (bicyclic) bond motifs is 1. The fourth-order valence-corrected chi connectivity index (χ4v) is 4.19. The Morgan fingerprint density at radius 2 is 1.42 bits per heavy atom. The zero-order valence-electron chi connectivity index (χ0n) is 21.3. The molecule has 0 N–H and O–H groups in total. The Morgan fingerprint density at radius 3 is 1.91 bits per heavy atom. The molecule has 0 saturated heterocycles. The minimum absolute atomic E-state index is 0.210. The van der Waals surface area contributed by atoms with Gasteiger partial charge < -0.3 is 0 Å². The Kier molecular flexibility index (Phi) is 11.6. The van der Waals surface area contributed by atoms with Gasteiger partial charge in [-0.2, -0.15) is 28.3 Å². The molecule has 4 aromatic rings. The van der Waals surface area contributed by atoms with Crippen molar-refractivity contribution in [3.63, 3.8) is 0 Å². The van der Waals surface area contributed by atoms with E-state index in [0.29, 0.717) is 0 Å². The van der Waals surface area contributed by atoms with Crippen LogP contribution >= 0.6 is 11.6 Å². The third-order valence-corrected chi connectivity index (χ3v) is 6.33. The first-order valence-electron chi connectivity index (χ1n) is 11.8. The van der Waals surface area contributed by atoms with Crippen molar-refractivity contribution >= 4 is 27.8 Å². The van der Waals surface area contributed by atoms with E-state index in [1.54, 1.807) is 23.3 Å². The van der Waals surface area contributed by atoms with Gasteiger partial charge in [-0.25, -0.2) is 0 Å². The zero-order valence-corrected chi connectivity index (χ0v) is 25.5. The molecule has 172 valence electrons. The molecule has 4 rings (SSSR count). The Morgan fingerprint density at radius 1 is 0.848 bits per heavy atom. The van der Waals surface area contributed by atoms with Crippen LogP contribution in [-0.2, 0) is 29.8 Å². The monoisotopic (exact) mass is 550 g/mol. The second-order valence-corrected chi connectivity index (χ2v) is 18.8. The summed E-state index contributed by atoms with van der Waals surface area (Å²) in [7, 11) is 0. The smallest absolute Gasteiger partial charge is 0.0632 e. The van der Waals surface area contributed by atoms with Crippen LogP contribution in [-0.4, -0.2) is 5.43 Å². The zero-order chi connectivity index (χ0) is 24.5. The molecule has 0 heterocycles. The molecule has 0 aliphatic rings. The Balaban J connectivity index is 0.000000246. The van der Waals surface area contributed by atoms with E-state index < -0.39 is 0 Å². The molecule has 0 unspecified atom stereocenters. The van der Waals surface area contributed by atoms with E-state index in [1.807, 2.05) is 12.1 Å². The molecule has 0 atom stereocenters. The van der Waals surface area contributed by atoms with Crippen LogP contribution in [0.2, 0.25) is 18.1 Å². The van der Waals surface area contributed by atoms with Crippen molar-refractivity contribution in [3.05, 3.63) is 93.5 Å². The number of hydrogen-bond acceptors (Lipinski definition) is 0. The average molecular weight is 552 g/mol. The molecule has 0 nitrogen and oxygen atoms in total. The molecule has 0 bridgehead atoms. The first-order valence-corrected chi connectivity index (χ1v) is 18.4. The van der Waals surface area contributed by atoms with Crippen molar-refractivity contribution in [3.8, 4) is 11.1 Å². The molecular weight excluding hydrogens is 515 g/mol. The van der Waals surface area contributed by atoms with Crippen molar-refractivity contribution < 1.29 is 23.3 Å². The van der Waals surface area contributed by atoms with Gasteiger partial charge in [-0.1, -0.05) is 95.5 Å². The normalized spacial score (nSPS) is 10.4. The summed E-state index contributed by atoms with van der Waals surface area (Å²) in [6.45, 7) is 15.5. The fourth-order valence-electron chi connectivity index (χ4n) is 3.96. The van der Waals surface area contributed by atoms with E-state index in [-0.39, 0.29) is 5.43 Å². The summed E-state index contributed by atoms with van der Waals surface area (Å²) in [6.07, 6.45) is 3.54. The third kappa shape index (κ3) is 7.91. The number of benzene rings is 2. The summed E-state index contributed by atoms with van der Waals surface area (Å²) in [5, 5.41) is 3.30. The average Bonchev–Trinajstić information content (AvgIpc) is 3.26. The second-order valence-electron chi connectivity index (χ2n) is 8.98. The van der Waals surface area contributed by atoms with Crippen LogP contribution in [0, 0.1) is 27.7 Å². The van der Waals surface area contributed by atoms with E-state index in [9.17, 15) is 0 Å². The second kappa shape index (κ2) is 13.6. The molecule has 4 aromatic carbocycles. The summed E-state index contributed by atoms with van der Waals surface area (Å²) >= 11 is 8.10. The molecule has 0 amide bonds. The molecule has 33 heavy (non-hydrogen) atoms. The molecule has 0 aliphatic carbocycles. The summed E-state index contributed by atoms with van der Waals surface area (Å²) in [5.74, 6) is 0. The SMILES string of the molecule is CCCCc1[cH-]c2c(Cl)cccc2c1-c1ccccc1.C[Si](C)=[Zr+2].Cc1[cH-]c(C)c(C)c1C. The van der Waals surface area contributed by atoms with Crippen molar-refractivity contribution in [2.75, 3.05) is 0 Å². The maximum absolute atomic E-state index is 6.36. The van der Waals surface area contributed by atoms with Crippen LogP contribution in [0.5, 0.6) is 0 Å². The maximum Gasteiger partial charge on any atom is -0.0632 e. The first kappa shape index (κ1) is 28.0. The number of unbranched alkanes of at least 4 members (excludes halogenated alkanes) is 1. The van der Waals surface area contributed by atoms with Crippen LogP contribution in [0.25, 0.3) is 21.9 Å². The Hall–Kier alpha value is -1.21. The van der Waals surface area contributed by atoms with Crippen LogP contribution in [0.3, 0.4) is 0 Å². The van der Waals surface area contributed by atoms with E-state index in [0.717, 1.165) is 11.4 Å². The van der Waals surface area contributed by atoms with Gasteiger partial charge >= 0.3 is 41.9 Å². The third-order valence-electron chi connectivity index (χ3n) is 6.00. The largest absolute Gasteiger partial charge is 0.196 e. The van der Waals surface area contributed by atoms with Crippen LogP contribution in [0.4, 0.5) is 0 Å². The number of rotatable bonds is 4. The standard InChI is InChI=1S/C19H18Cl.C9H13.C2H6Si.Zr/c1-2-3-8-15-13-17-16(11-7-12-18(17)20)19(15)14-9-5-4-6-10-14;1-6-5-7(2)9(4)8(6)3;1-3-2;/h4-7,9-13H,2-3,8H2,1H3;5H,1-4H3;1-2H3;/q2*-1;;+2. The summed E-state index contributed by atoms with van der Waals surface area (Å²) in [6, 6.07) is 21.3. The van der Waals surface area contributed by atoms with Gasteiger partial charge in [0.1, 0.15) is 0 Å². The van der Waals surface area contributed by atoms with Crippen molar-refractivity contribution in [2.45, 2.75) is 67.0 Å². The minimum Gasteiger partial charge on any atom is -0.196 e. The number of aryl methyl sites for hydroxylation is 3. The van der Waals surface area contributed by atoms with E-state index in [1.165, 1.54) is 62.6 Å². The van der Waals surface area contributed by atoms with E-state index in [2.05, 4.69) is 96.2 Å². The topological polar surface area (TPSA) is 0 Å². The van der Waals surface area contributed by atoms with Gasteiger partial charge in [-0.15, -0.1) is 45.6 Å².